The molecule has 4 nitrogen and oxygen atoms in total. The monoisotopic (exact) mass is 360 g/mol. The highest BCUT2D eigenvalue weighted by molar-refractivity contribution is 5.64. The van der Waals surface area contributed by atoms with Gasteiger partial charge >= 0.3 is 0 Å². The molecule has 1 aliphatic rings. The number of nitriles is 1. The van der Waals surface area contributed by atoms with Gasteiger partial charge in [-0.2, -0.15) is 5.26 Å². The van der Waals surface area contributed by atoms with E-state index in [-0.39, 0.29) is 0 Å². The van der Waals surface area contributed by atoms with Crippen LogP contribution in [0.15, 0.2) is 36.4 Å². The molecule has 138 valence electrons. The van der Waals surface area contributed by atoms with Crippen LogP contribution in [0.2, 0.25) is 0 Å². The Hall–Kier alpha value is -2.93. The molecule has 0 fully saturated rings. The first kappa shape index (κ1) is 18.8. The van der Waals surface area contributed by atoms with Gasteiger partial charge in [0.15, 0.2) is 0 Å². The van der Waals surface area contributed by atoms with Crippen molar-refractivity contribution in [2.24, 2.45) is 5.92 Å². The molecule has 0 saturated carbocycles. The molecule has 0 aliphatic heterocycles. The highest BCUT2D eigenvalue weighted by Crippen LogP contribution is 2.32. The van der Waals surface area contributed by atoms with Crippen molar-refractivity contribution in [2.45, 2.75) is 46.1 Å². The van der Waals surface area contributed by atoms with Crippen LogP contribution in [0.4, 0.5) is 0 Å². The molecule has 0 amide bonds. The van der Waals surface area contributed by atoms with Crippen LogP contribution in [-0.2, 0) is 11.4 Å². The molecule has 0 N–H and O–H groups in total. The van der Waals surface area contributed by atoms with Crippen LogP contribution in [-0.4, -0.2) is 11.3 Å². The number of ether oxygens (including phenoxy) is 1. The minimum Gasteiger partial charge on any atom is -0.473 e. The van der Waals surface area contributed by atoms with E-state index >= 15 is 0 Å². The Morgan fingerprint density at radius 3 is 2.78 bits per heavy atom. The number of nitrogens with zero attached hydrogens (tertiary/aromatic N) is 2. The summed E-state index contributed by atoms with van der Waals surface area (Å²) < 4.78 is 6.00. The molecule has 1 aromatic heterocycles. The highest BCUT2D eigenvalue weighted by atomic mass is 16.5. The van der Waals surface area contributed by atoms with Crippen LogP contribution in [0.3, 0.4) is 0 Å². The van der Waals surface area contributed by atoms with E-state index in [2.05, 4.69) is 12.1 Å². The zero-order valence-electron chi connectivity index (χ0n) is 15.9. The van der Waals surface area contributed by atoms with E-state index in [0.717, 1.165) is 47.9 Å². The normalized spacial score (nSPS) is 16.3. The summed E-state index contributed by atoms with van der Waals surface area (Å²) in [6.45, 7) is 4.40. The summed E-state index contributed by atoms with van der Waals surface area (Å²) in [6, 6.07) is 11.9. The Bertz CT molecular complexity index is 909. The molecule has 1 unspecified atom stereocenters. The predicted octanol–water partition coefficient (Wildman–Crippen LogP) is 4.92. The van der Waals surface area contributed by atoms with Crippen LogP contribution < -0.4 is 4.74 Å². The van der Waals surface area contributed by atoms with Crippen molar-refractivity contribution in [1.29, 1.82) is 5.26 Å². The van der Waals surface area contributed by atoms with Gasteiger partial charge in [0.2, 0.25) is 5.88 Å². The minimum absolute atomic E-state index is 0.426. The van der Waals surface area contributed by atoms with Crippen molar-refractivity contribution >= 4 is 11.9 Å². The Balaban J connectivity index is 1.73. The number of carbonyl (C=O) groups excluding carboxylic acids is 1. The first-order valence-electron chi connectivity index (χ1n) is 9.34. The maximum Gasteiger partial charge on any atom is 0.217 e. The van der Waals surface area contributed by atoms with E-state index in [1.165, 1.54) is 5.57 Å². The second kappa shape index (κ2) is 8.64. The largest absolute Gasteiger partial charge is 0.473 e. The quantitative estimate of drug-likeness (QED) is 0.686. The second-order valence-electron chi connectivity index (χ2n) is 7.13. The van der Waals surface area contributed by atoms with Gasteiger partial charge in [-0.05, 0) is 73.9 Å². The van der Waals surface area contributed by atoms with Gasteiger partial charge in [-0.25, -0.2) is 4.98 Å². The number of aldehydes is 1. The predicted molar refractivity (Wildman–Crippen MR) is 105 cm³/mol. The van der Waals surface area contributed by atoms with Gasteiger partial charge in [-0.15, -0.1) is 0 Å². The van der Waals surface area contributed by atoms with Crippen LogP contribution in [0.25, 0.3) is 5.57 Å². The Morgan fingerprint density at radius 2 is 2.11 bits per heavy atom. The summed E-state index contributed by atoms with van der Waals surface area (Å²) in [5.41, 5.74) is 5.94. The summed E-state index contributed by atoms with van der Waals surface area (Å²) >= 11 is 0. The molecule has 1 atom stereocenters. The van der Waals surface area contributed by atoms with Crippen LogP contribution >= 0.6 is 0 Å². The fraction of sp³-hybridized carbons (Fsp3) is 0.348. The summed E-state index contributed by atoms with van der Waals surface area (Å²) in [7, 11) is 0. The molecular weight excluding hydrogens is 336 g/mol. The molecule has 2 aromatic rings. The molecule has 0 saturated heterocycles. The number of pyridine rings is 1. The Labute approximate surface area is 160 Å². The first-order chi connectivity index (χ1) is 13.1. The van der Waals surface area contributed by atoms with Gasteiger partial charge in [0.05, 0.1) is 17.3 Å². The van der Waals surface area contributed by atoms with Gasteiger partial charge in [0, 0.05) is 12.0 Å². The number of carbonyl (C=O) groups is 1. The van der Waals surface area contributed by atoms with Crippen molar-refractivity contribution < 1.29 is 9.53 Å². The zero-order chi connectivity index (χ0) is 19.2. The molecular formula is C23H24N2O2. The van der Waals surface area contributed by atoms with E-state index < -0.39 is 0 Å². The Kier molecular flexibility index (Phi) is 6.03. The van der Waals surface area contributed by atoms with Crippen molar-refractivity contribution in [3.8, 4) is 11.9 Å². The molecule has 1 heterocycles. The van der Waals surface area contributed by atoms with Crippen LogP contribution in [0.5, 0.6) is 5.88 Å². The lowest BCUT2D eigenvalue weighted by molar-refractivity contribution is -0.108. The SMILES string of the molecule is Cc1cc(C#N)ccc1COc1nc(C2=CCC(CC=O)CC2)ccc1C. The van der Waals surface area contributed by atoms with Gasteiger partial charge in [-0.1, -0.05) is 18.2 Å². The maximum atomic E-state index is 10.7. The average molecular weight is 360 g/mol. The number of aromatic nitrogens is 1. The summed E-state index contributed by atoms with van der Waals surface area (Å²) in [5.74, 6) is 1.11. The van der Waals surface area contributed by atoms with Crippen molar-refractivity contribution in [3.05, 3.63) is 64.4 Å². The molecule has 0 spiro atoms. The number of benzene rings is 1. The summed E-state index contributed by atoms with van der Waals surface area (Å²) in [6.07, 6.45) is 6.78. The lowest BCUT2D eigenvalue weighted by Gasteiger charge is -2.20. The second-order valence-corrected chi connectivity index (χ2v) is 7.13. The third-order valence-electron chi connectivity index (χ3n) is 5.16. The molecule has 0 radical (unpaired) electrons. The number of allylic oxidation sites excluding steroid dienone is 2. The van der Waals surface area contributed by atoms with E-state index in [1.807, 2.05) is 44.2 Å². The number of hydrogen-bond acceptors (Lipinski definition) is 4. The van der Waals surface area contributed by atoms with Crippen molar-refractivity contribution in [1.82, 2.24) is 4.98 Å². The van der Waals surface area contributed by atoms with Gasteiger partial charge in [-0.3, -0.25) is 0 Å². The third kappa shape index (κ3) is 4.62. The lowest BCUT2D eigenvalue weighted by atomic mass is 9.86. The average Bonchev–Trinajstić information content (AvgIpc) is 2.69. The minimum atomic E-state index is 0.426. The lowest BCUT2D eigenvalue weighted by Crippen LogP contribution is -2.07. The van der Waals surface area contributed by atoms with E-state index in [0.29, 0.717) is 30.4 Å². The topological polar surface area (TPSA) is 63.0 Å². The van der Waals surface area contributed by atoms with Gasteiger partial charge in [0.1, 0.15) is 12.9 Å². The van der Waals surface area contributed by atoms with Gasteiger partial charge in [0.25, 0.3) is 0 Å². The van der Waals surface area contributed by atoms with E-state index in [9.17, 15) is 4.79 Å². The smallest absolute Gasteiger partial charge is 0.217 e. The number of rotatable bonds is 6. The fourth-order valence-corrected chi connectivity index (χ4v) is 3.38. The van der Waals surface area contributed by atoms with Crippen molar-refractivity contribution in [3.63, 3.8) is 0 Å². The first-order valence-corrected chi connectivity index (χ1v) is 9.34. The van der Waals surface area contributed by atoms with E-state index in [4.69, 9.17) is 15.0 Å². The summed E-state index contributed by atoms with van der Waals surface area (Å²) in [4.78, 5) is 15.4. The van der Waals surface area contributed by atoms with Crippen LogP contribution in [0, 0.1) is 31.1 Å². The molecule has 1 aliphatic carbocycles. The third-order valence-corrected chi connectivity index (χ3v) is 5.16. The Morgan fingerprint density at radius 1 is 1.26 bits per heavy atom. The molecule has 0 bridgehead atoms. The van der Waals surface area contributed by atoms with Crippen molar-refractivity contribution in [2.75, 3.05) is 0 Å². The number of hydrogen-bond donors (Lipinski definition) is 0. The molecule has 27 heavy (non-hydrogen) atoms. The highest BCUT2D eigenvalue weighted by Gasteiger charge is 2.17. The van der Waals surface area contributed by atoms with Crippen LogP contribution in [0.1, 0.15) is 53.6 Å². The fourth-order valence-electron chi connectivity index (χ4n) is 3.38. The maximum absolute atomic E-state index is 10.7. The standard InChI is InChI=1S/C23H24N2O2/c1-16-3-10-22(20-7-4-18(5-8-20)11-12-26)25-23(16)27-15-21-9-6-19(14-24)13-17(21)2/h3,6-7,9-10,12-13,18H,4-5,8,11,15H2,1-2H3. The molecule has 3 rings (SSSR count). The molecule has 1 aromatic carbocycles. The molecule has 4 heteroatoms. The zero-order valence-corrected chi connectivity index (χ0v) is 15.9. The summed E-state index contributed by atoms with van der Waals surface area (Å²) in [5, 5.41) is 8.98. The number of aryl methyl sites for hydroxylation is 2. The van der Waals surface area contributed by atoms with Gasteiger partial charge < -0.3 is 9.53 Å². The van der Waals surface area contributed by atoms with E-state index in [1.54, 1.807) is 0 Å².